The van der Waals surface area contributed by atoms with Crippen LogP contribution in [0.5, 0.6) is 0 Å². The summed E-state index contributed by atoms with van der Waals surface area (Å²) in [4.78, 5) is 27.9. The van der Waals surface area contributed by atoms with Gasteiger partial charge in [-0.25, -0.2) is 9.67 Å². The smallest absolute Gasteiger partial charge is 0.311 e. The van der Waals surface area contributed by atoms with Gasteiger partial charge < -0.3 is 15.2 Å². The van der Waals surface area contributed by atoms with Crippen LogP contribution in [0.1, 0.15) is 23.2 Å². The van der Waals surface area contributed by atoms with E-state index >= 15 is 0 Å². The number of nitrogens with one attached hydrogen (secondary N) is 1. The minimum atomic E-state index is -0.961. The molecule has 0 unspecified atom stereocenters. The fraction of sp³-hybridized carbons (Fsp3) is 0.375. The maximum absolute atomic E-state index is 12.4. The van der Waals surface area contributed by atoms with Gasteiger partial charge in [-0.05, 0) is 31.0 Å². The molecular weight excluding hydrogens is 312 g/mol. The average molecular weight is 330 g/mol. The van der Waals surface area contributed by atoms with E-state index in [1.165, 1.54) is 6.33 Å². The van der Waals surface area contributed by atoms with Gasteiger partial charge in [0.05, 0.1) is 11.1 Å². The summed E-state index contributed by atoms with van der Waals surface area (Å²) < 4.78 is 6.78. The number of benzene rings is 1. The van der Waals surface area contributed by atoms with E-state index in [1.54, 1.807) is 29.2 Å². The number of aliphatic carboxylic acids is 1. The van der Waals surface area contributed by atoms with E-state index in [2.05, 4.69) is 15.4 Å². The minimum Gasteiger partial charge on any atom is -0.481 e. The van der Waals surface area contributed by atoms with Crippen LogP contribution in [-0.2, 0) is 9.53 Å². The zero-order chi connectivity index (χ0) is 17.0. The number of hydrogen-bond donors (Lipinski definition) is 2. The lowest BCUT2D eigenvalue weighted by atomic mass is 9.80. The summed E-state index contributed by atoms with van der Waals surface area (Å²) in [6.07, 6.45) is 3.73. The zero-order valence-corrected chi connectivity index (χ0v) is 13.0. The molecule has 2 heterocycles. The number of carboxylic acid groups (broad SMARTS) is 1. The number of aromatic nitrogens is 3. The third kappa shape index (κ3) is 3.28. The molecule has 1 aromatic heterocycles. The number of rotatable bonds is 5. The molecular formula is C16H18N4O4. The molecule has 1 saturated heterocycles. The van der Waals surface area contributed by atoms with Gasteiger partial charge in [0.15, 0.2) is 0 Å². The Kier molecular flexibility index (Phi) is 4.57. The molecule has 8 heteroatoms. The molecule has 1 aliphatic heterocycles. The topological polar surface area (TPSA) is 106 Å². The Balaban J connectivity index is 1.71. The first-order valence-electron chi connectivity index (χ1n) is 7.65. The molecule has 1 aliphatic rings. The Morgan fingerprint density at radius 2 is 2.12 bits per heavy atom. The van der Waals surface area contributed by atoms with E-state index in [0.717, 1.165) is 0 Å². The van der Waals surface area contributed by atoms with E-state index < -0.39 is 11.4 Å². The molecule has 8 nitrogen and oxygen atoms in total. The number of carbonyl (C=O) groups excluding carboxylic acids is 1. The van der Waals surface area contributed by atoms with Gasteiger partial charge in [-0.3, -0.25) is 9.59 Å². The quantitative estimate of drug-likeness (QED) is 0.843. The lowest BCUT2D eigenvalue weighted by molar-refractivity contribution is -0.154. The van der Waals surface area contributed by atoms with Gasteiger partial charge in [-0.15, -0.1) is 0 Å². The Morgan fingerprint density at radius 1 is 1.33 bits per heavy atom. The van der Waals surface area contributed by atoms with Crippen LogP contribution in [0.15, 0.2) is 36.9 Å². The Morgan fingerprint density at radius 3 is 2.79 bits per heavy atom. The van der Waals surface area contributed by atoms with Gasteiger partial charge in [-0.1, -0.05) is 6.07 Å². The number of hydrogen-bond acceptors (Lipinski definition) is 5. The summed E-state index contributed by atoms with van der Waals surface area (Å²) in [5, 5.41) is 16.3. The summed E-state index contributed by atoms with van der Waals surface area (Å²) in [6.45, 7) is 0.867. The van der Waals surface area contributed by atoms with Gasteiger partial charge in [-0.2, -0.15) is 5.10 Å². The SMILES string of the molecule is O=C(NCC1(C(=O)O)CCOCC1)c1cccc(-n2cncn2)c1. The molecule has 0 saturated carbocycles. The molecule has 1 aromatic carbocycles. The van der Waals surface area contributed by atoms with Crippen LogP contribution >= 0.6 is 0 Å². The third-order valence-electron chi connectivity index (χ3n) is 4.28. The zero-order valence-electron chi connectivity index (χ0n) is 13.0. The summed E-state index contributed by atoms with van der Waals surface area (Å²) in [7, 11) is 0. The summed E-state index contributed by atoms with van der Waals surface area (Å²) in [6, 6.07) is 6.91. The number of carbonyl (C=O) groups is 2. The maximum atomic E-state index is 12.4. The lowest BCUT2D eigenvalue weighted by Gasteiger charge is -2.33. The molecule has 126 valence electrons. The molecule has 0 spiro atoms. The lowest BCUT2D eigenvalue weighted by Crippen LogP contribution is -2.46. The number of amides is 1. The van der Waals surface area contributed by atoms with Crippen LogP contribution in [0.3, 0.4) is 0 Å². The van der Waals surface area contributed by atoms with Gasteiger partial charge >= 0.3 is 5.97 Å². The number of carboxylic acids is 1. The molecule has 0 bridgehead atoms. The van der Waals surface area contributed by atoms with Crippen LogP contribution in [0, 0.1) is 5.41 Å². The van der Waals surface area contributed by atoms with Crippen molar-refractivity contribution in [3.63, 3.8) is 0 Å². The van der Waals surface area contributed by atoms with E-state index in [1.807, 2.05) is 6.07 Å². The van der Waals surface area contributed by atoms with E-state index in [9.17, 15) is 14.7 Å². The maximum Gasteiger partial charge on any atom is 0.311 e. The molecule has 2 aromatic rings. The monoisotopic (exact) mass is 330 g/mol. The van der Waals surface area contributed by atoms with Crippen molar-refractivity contribution in [1.29, 1.82) is 0 Å². The van der Waals surface area contributed by atoms with Crippen LogP contribution in [0.2, 0.25) is 0 Å². The average Bonchev–Trinajstić information content (AvgIpc) is 3.15. The summed E-state index contributed by atoms with van der Waals surface area (Å²) in [5.41, 5.74) is 0.187. The second kappa shape index (κ2) is 6.79. The highest BCUT2D eigenvalue weighted by molar-refractivity contribution is 5.95. The predicted octanol–water partition coefficient (Wildman–Crippen LogP) is 0.878. The second-order valence-corrected chi connectivity index (χ2v) is 5.77. The number of ether oxygens (including phenoxy) is 1. The van der Waals surface area contributed by atoms with Crippen molar-refractivity contribution in [2.45, 2.75) is 12.8 Å². The van der Waals surface area contributed by atoms with Crippen molar-refractivity contribution in [2.75, 3.05) is 19.8 Å². The van der Waals surface area contributed by atoms with Gasteiger partial charge in [0, 0.05) is 25.3 Å². The summed E-state index contributed by atoms with van der Waals surface area (Å²) >= 11 is 0. The van der Waals surface area contributed by atoms with Crippen molar-refractivity contribution in [2.24, 2.45) is 5.41 Å². The standard InChI is InChI=1S/C16H18N4O4/c21-14(18-9-16(15(22)23)4-6-24-7-5-16)12-2-1-3-13(8-12)20-11-17-10-19-20/h1-3,8,10-11H,4-7,9H2,(H,18,21)(H,22,23). The van der Waals surface area contributed by atoms with Crippen molar-refractivity contribution in [3.05, 3.63) is 42.5 Å². The fourth-order valence-corrected chi connectivity index (χ4v) is 2.71. The van der Waals surface area contributed by atoms with Crippen LogP contribution < -0.4 is 5.32 Å². The number of nitrogens with zero attached hydrogens (tertiary/aromatic N) is 3. The highest BCUT2D eigenvalue weighted by Crippen LogP contribution is 2.30. The van der Waals surface area contributed by atoms with E-state index in [-0.39, 0.29) is 12.5 Å². The Labute approximate surface area is 138 Å². The van der Waals surface area contributed by atoms with Crippen molar-refractivity contribution < 1.29 is 19.4 Å². The first-order valence-corrected chi connectivity index (χ1v) is 7.65. The second-order valence-electron chi connectivity index (χ2n) is 5.77. The van der Waals surface area contributed by atoms with Crippen molar-refractivity contribution in [3.8, 4) is 5.69 Å². The molecule has 0 radical (unpaired) electrons. The molecule has 1 amide bonds. The van der Waals surface area contributed by atoms with Gasteiger partial charge in [0.1, 0.15) is 12.7 Å². The van der Waals surface area contributed by atoms with E-state index in [4.69, 9.17) is 4.74 Å². The van der Waals surface area contributed by atoms with Crippen LogP contribution in [-0.4, -0.2) is 51.5 Å². The van der Waals surface area contributed by atoms with Crippen molar-refractivity contribution in [1.82, 2.24) is 20.1 Å². The highest BCUT2D eigenvalue weighted by Gasteiger charge is 2.40. The van der Waals surface area contributed by atoms with E-state index in [0.29, 0.717) is 37.3 Å². The molecule has 3 rings (SSSR count). The van der Waals surface area contributed by atoms with Gasteiger partial charge in [0.25, 0.3) is 5.91 Å². The largest absolute Gasteiger partial charge is 0.481 e. The minimum absolute atomic E-state index is 0.0814. The normalized spacial score (nSPS) is 16.5. The molecule has 0 atom stereocenters. The highest BCUT2D eigenvalue weighted by atomic mass is 16.5. The molecule has 1 fully saturated rings. The first kappa shape index (κ1) is 16.1. The predicted molar refractivity (Wildman–Crippen MR) is 83.8 cm³/mol. The van der Waals surface area contributed by atoms with Crippen LogP contribution in [0.25, 0.3) is 5.69 Å². The Bertz CT molecular complexity index is 723. The molecule has 2 N–H and O–H groups in total. The first-order chi connectivity index (χ1) is 11.6. The third-order valence-corrected chi connectivity index (χ3v) is 4.28. The van der Waals surface area contributed by atoms with Crippen molar-refractivity contribution >= 4 is 11.9 Å². The van der Waals surface area contributed by atoms with Gasteiger partial charge in [0.2, 0.25) is 0 Å². The fourth-order valence-electron chi connectivity index (χ4n) is 2.71. The molecule has 24 heavy (non-hydrogen) atoms. The van der Waals surface area contributed by atoms with Crippen LogP contribution in [0.4, 0.5) is 0 Å². The Hall–Kier alpha value is -2.74. The molecule has 0 aliphatic carbocycles. The summed E-state index contributed by atoms with van der Waals surface area (Å²) in [5.74, 6) is -1.22.